The van der Waals surface area contributed by atoms with Crippen molar-refractivity contribution < 1.29 is 4.79 Å². The van der Waals surface area contributed by atoms with Gasteiger partial charge in [0, 0.05) is 0 Å². The first-order valence-corrected chi connectivity index (χ1v) is 3.91. The Labute approximate surface area is 74.5 Å². The summed E-state index contributed by atoms with van der Waals surface area (Å²) in [7, 11) is 0. The minimum absolute atomic E-state index is 0.0364. The molecule has 13 heavy (non-hydrogen) atoms. The maximum atomic E-state index is 10.7. The second-order valence-electron chi connectivity index (χ2n) is 2.60. The number of carbonyl (C=O) groups is 1. The van der Waals surface area contributed by atoms with Crippen molar-refractivity contribution in [2.45, 2.75) is 19.8 Å². The van der Waals surface area contributed by atoms with Crippen LogP contribution >= 0.6 is 0 Å². The molecule has 0 atom stereocenters. The monoisotopic (exact) mass is 182 g/mol. The number of amides is 1. The van der Waals surface area contributed by atoms with Gasteiger partial charge in [0.05, 0.1) is 5.69 Å². The number of aromatic nitrogens is 2. The molecule has 1 aromatic rings. The van der Waals surface area contributed by atoms with Crippen molar-refractivity contribution in [3.8, 4) is 0 Å². The van der Waals surface area contributed by atoms with E-state index in [0.717, 1.165) is 6.42 Å². The Balaban J connectivity index is 3.10. The summed E-state index contributed by atoms with van der Waals surface area (Å²) in [6, 6.07) is 0. The quantitative estimate of drug-likeness (QED) is 0.675. The lowest BCUT2D eigenvalue weighted by Gasteiger charge is -1.92. The number of hydrogen-bond donors (Lipinski definition) is 2. The number of hydrogen-bond acceptors (Lipinski definition) is 4. The topological polar surface area (TPSA) is 101 Å². The van der Waals surface area contributed by atoms with Crippen molar-refractivity contribution >= 4 is 11.6 Å². The van der Waals surface area contributed by atoms with Gasteiger partial charge in [-0.15, -0.1) is 4.91 Å². The fourth-order valence-corrected chi connectivity index (χ4v) is 1.07. The predicted octanol–water partition coefficient (Wildman–Crippen LogP) is 0.859. The number of H-pyrrole nitrogens is 1. The largest absolute Gasteiger partial charge is 0.364 e. The zero-order valence-corrected chi connectivity index (χ0v) is 7.20. The average Bonchev–Trinajstić information content (AvgIpc) is 2.48. The van der Waals surface area contributed by atoms with Crippen LogP contribution in [0.2, 0.25) is 0 Å². The van der Waals surface area contributed by atoms with Gasteiger partial charge < -0.3 is 5.73 Å². The van der Waals surface area contributed by atoms with Gasteiger partial charge >= 0.3 is 0 Å². The van der Waals surface area contributed by atoms with Crippen LogP contribution in [0.25, 0.3) is 0 Å². The second-order valence-corrected chi connectivity index (χ2v) is 2.60. The summed E-state index contributed by atoms with van der Waals surface area (Å²) < 4.78 is 0. The third kappa shape index (κ3) is 1.71. The summed E-state index contributed by atoms with van der Waals surface area (Å²) in [6.07, 6.45) is 1.46. The average molecular weight is 182 g/mol. The Bertz CT molecular complexity index is 331. The van der Waals surface area contributed by atoms with Crippen LogP contribution in [0.4, 0.5) is 5.69 Å². The van der Waals surface area contributed by atoms with Crippen LogP contribution in [0.3, 0.4) is 0 Å². The molecule has 1 aromatic heterocycles. The highest BCUT2D eigenvalue weighted by molar-refractivity contribution is 5.96. The third-order valence-corrected chi connectivity index (χ3v) is 1.64. The summed E-state index contributed by atoms with van der Waals surface area (Å²) >= 11 is 0. The highest BCUT2D eigenvalue weighted by Gasteiger charge is 2.17. The smallest absolute Gasteiger partial charge is 0.271 e. The van der Waals surface area contributed by atoms with Gasteiger partial charge in [-0.1, -0.05) is 13.3 Å². The molecule has 1 amide bonds. The Morgan fingerprint density at radius 3 is 2.85 bits per heavy atom. The van der Waals surface area contributed by atoms with E-state index >= 15 is 0 Å². The number of carbonyl (C=O) groups excluding carboxylic acids is 1. The highest BCUT2D eigenvalue weighted by atomic mass is 16.3. The van der Waals surface area contributed by atoms with Crippen molar-refractivity contribution in [2.75, 3.05) is 0 Å². The number of aryl methyl sites for hydroxylation is 1. The van der Waals surface area contributed by atoms with Gasteiger partial charge in [-0.2, -0.15) is 5.10 Å². The molecule has 0 bridgehead atoms. The molecule has 0 aromatic carbocycles. The summed E-state index contributed by atoms with van der Waals surface area (Å²) in [5, 5.41) is 8.90. The maximum absolute atomic E-state index is 10.7. The van der Waals surface area contributed by atoms with Gasteiger partial charge in [-0.3, -0.25) is 9.89 Å². The zero-order chi connectivity index (χ0) is 9.84. The molecule has 70 valence electrons. The number of nitroso groups, excluding NO2 is 1. The van der Waals surface area contributed by atoms with E-state index in [2.05, 4.69) is 15.4 Å². The van der Waals surface area contributed by atoms with E-state index < -0.39 is 5.91 Å². The number of nitrogens with two attached hydrogens (primary N) is 1. The second kappa shape index (κ2) is 3.79. The number of nitrogens with zero attached hydrogens (tertiary/aromatic N) is 2. The van der Waals surface area contributed by atoms with E-state index in [4.69, 9.17) is 5.73 Å². The summed E-state index contributed by atoms with van der Waals surface area (Å²) in [4.78, 5) is 21.1. The third-order valence-electron chi connectivity index (χ3n) is 1.64. The molecule has 6 nitrogen and oxygen atoms in total. The van der Waals surface area contributed by atoms with Crippen LogP contribution in [0.1, 0.15) is 29.5 Å². The predicted molar refractivity (Wildman–Crippen MR) is 46.6 cm³/mol. The molecular weight excluding hydrogens is 172 g/mol. The Morgan fingerprint density at radius 1 is 1.69 bits per heavy atom. The fourth-order valence-electron chi connectivity index (χ4n) is 1.07. The van der Waals surface area contributed by atoms with Crippen LogP contribution in [-0.4, -0.2) is 16.1 Å². The van der Waals surface area contributed by atoms with Crippen molar-refractivity contribution in [3.05, 3.63) is 16.3 Å². The van der Waals surface area contributed by atoms with Crippen LogP contribution in [0, 0.1) is 4.91 Å². The van der Waals surface area contributed by atoms with Crippen LogP contribution in [0.5, 0.6) is 0 Å². The summed E-state index contributed by atoms with van der Waals surface area (Å²) in [6.45, 7) is 1.94. The SMILES string of the molecule is CCCc1[nH]nc(C(N)=O)c1N=O. The lowest BCUT2D eigenvalue weighted by Crippen LogP contribution is -2.11. The van der Waals surface area contributed by atoms with E-state index in [9.17, 15) is 9.70 Å². The van der Waals surface area contributed by atoms with Crippen molar-refractivity contribution in [1.82, 2.24) is 10.2 Å². The first kappa shape index (κ1) is 9.37. The van der Waals surface area contributed by atoms with Crippen LogP contribution < -0.4 is 5.73 Å². The van der Waals surface area contributed by atoms with E-state index in [1.54, 1.807) is 0 Å². The van der Waals surface area contributed by atoms with Gasteiger partial charge in [0.15, 0.2) is 11.4 Å². The Morgan fingerprint density at radius 2 is 2.38 bits per heavy atom. The molecule has 1 heterocycles. The first-order chi connectivity index (χ1) is 6.20. The molecule has 3 N–H and O–H groups in total. The number of aromatic amines is 1. The zero-order valence-electron chi connectivity index (χ0n) is 7.20. The number of primary amides is 1. The Hall–Kier alpha value is -1.72. The lowest BCUT2D eigenvalue weighted by molar-refractivity contribution is 0.0996. The molecular formula is C7H10N4O2. The van der Waals surface area contributed by atoms with Gasteiger partial charge in [0.1, 0.15) is 0 Å². The minimum Gasteiger partial charge on any atom is -0.364 e. The van der Waals surface area contributed by atoms with Crippen molar-refractivity contribution in [1.29, 1.82) is 0 Å². The molecule has 6 heteroatoms. The molecule has 0 fully saturated rings. The minimum atomic E-state index is -0.742. The molecule has 1 rings (SSSR count). The van der Waals surface area contributed by atoms with E-state index in [1.165, 1.54) is 0 Å². The van der Waals surface area contributed by atoms with Gasteiger partial charge in [-0.05, 0) is 11.6 Å². The number of nitrogens with one attached hydrogen (secondary N) is 1. The van der Waals surface area contributed by atoms with Gasteiger partial charge in [0.25, 0.3) is 5.91 Å². The molecule has 0 aliphatic heterocycles. The molecule has 0 spiro atoms. The summed E-state index contributed by atoms with van der Waals surface area (Å²) in [5.41, 5.74) is 5.49. The molecule has 0 unspecified atom stereocenters. The van der Waals surface area contributed by atoms with Gasteiger partial charge in [0.2, 0.25) is 0 Å². The van der Waals surface area contributed by atoms with Crippen molar-refractivity contribution in [3.63, 3.8) is 0 Å². The fraction of sp³-hybridized carbons (Fsp3) is 0.429. The molecule has 0 aliphatic rings. The van der Waals surface area contributed by atoms with Crippen LogP contribution in [-0.2, 0) is 6.42 Å². The van der Waals surface area contributed by atoms with E-state index in [1.807, 2.05) is 6.92 Å². The standard InChI is InChI=1S/C7H10N4O2/c1-2-3-4-5(11-13)6(7(8)12)10-9-4/h2-3H2,1H3,(H2,8,12)(H,9,10). The molecule has 0 saturated carbocycles. The number of rotatable bonds is 4. The highest BCUT2D eigenvalue weighted by Crippen LogP contribution is 2.22. The normalized spacial score (nSPS) is 9.92. The summed E-state index contributed by atoms with van der Waals surface area (Å²) in [5.74, 6) is -0.742. The lowest BCUT2D eigenvalue weighted by atomic mass is 10.2. The Kier molecular flexibility index (Phi) is 2.73. The maximum Gasteiger partial charge on any atom is 0.271 e. The van der Waals surface area contributed by atoms with E-state index in [0.29, 0.717) is 12.1 Å². The van der Waals surface area contributed by atoms with Crippen LogP contribution in [0.15, 0.2) is 5.18 Å². The van der Waals surface area contributed by atoms with Crippen molar-refractivity contribution in [2.24, 2.45) is 10.9 Å². The van der Waals surface area contributed by atoms with Gasteiger partial charge in [-0.25, -0.2) is 0 Å². The molecule has 0 radical (unpaired) electrons. The molecule has 0 aliphatic carbocycles. The first-order valence-electron chi connectivity index (χ1n) is 3.91. The van der Waals surface area contributed by atoms with E-state index in [-0.39, 0.29) is 11.4 Å². The molecule has 0 saturated heterocycles.